The minimum absolute atomic E-state index is 0.220. The van der Waals surface area contributed by atoms with Gasteiger partial charge < -0.3 is 15.0 Å². The minimum Gasteiger partial charge on any atom is -0.378 e. The van der Waals surface area contributed by atoms with E-state index < -0.39 is 10.0 Å². The van der Waals surface area contributed by atoms with Gasteiger partial charge in [-0.1, -0.05) is 11.3 Å². The average Bonchev–Trinajstić information content (AvgIpc) is 3.50. The molecule has 1 N–H and O–H groups in total. The molecule has 2 saturated heterocycles. The molecule has 168 valence electrons. The molecule has 32 heavy (non-hydrogen) atoms. The first kappa shape index (κ1) is 21.3. The number of thiazole rings is 1. The van der Waals surface area contributed by atoms with Crippen LogP contribution in [-0.4, -0.2) is 63.0 Å². The summed E-state index contributed by atoms with van der Waals surface area (Å²) in [6.45, 7) is 4.17. The Balaban J connectivity index is 1.30. The maximum atomic E-state index is 12.7. The predicted octanol–water partition coefficient (Wildman–Crippen LogP) is 3.17. The third-order valence-corrected chi connectivity index (χ3v) is 8.73. The summed E-state index contributed by atoms with van der Waals surface area (Å²) in [6.07, 6.45) is 1.77. The van der Waals surface area contributed by atoms with Gasteiger partial charge in [0.05, 0.1) is 28.3 Å². The molecule has 0 spiro atoms. The molecule has 5 rings (SSSR count). The van der Waals surface area contributed by atoms with Gasteiger partial charge in [-0.3, -0.25) is 4.79 Å². The molecule has 3 aromatic rings. The fourth-order valence-electron chi connectivity index (χ4n) is 3.94. The fraction of sp³-hybridized carbons (Fsp3) is 0.364. The number of nitrogens with zero attached hydrogens (tertiary/aromatic N) is 3. The largest absolute Gasteiger partial charge is 0.378 e. The molecule has 8 nitrogen and oxygen atoms in total. The van der Waals surface area contributed by atoms with E-state index in [0.717, 1.165) is 41.3 Å². The first-order chi connectivity index (χ1) is 15.5. The van der Waals surface area contributed by atoms with Crippen LogP contribution in [0.25, 0.3) is 10.2 Å². The Bertz CT molecular complexity index is 1230. The number of hydrogen-bond acceptors (Lipinski definition) is 7. The number of ether oxygens (including phenoxy) is 1. The number of rotatable bonds is 5. The van der Waals surface area contributed by atoms with Crippen LogP contribution in [0, 0.1) is 0 Å². The Morgan fingerprint density at radius 1 is 1.00 bits per heavy atom. The number of fused-ring (bicyclic) bond motifs is 1. The standard InChI is InChI=1S/C22H24N4O4S2/c27-21(16-3-6-18(7-4-16)32(28,29)26-9-1-2-10-26)23-17-5-8-19-20(15-17)31-22(24-19)25-11-13-30-14-12-25/h3-8,15H,1-2,9-14H2,(H,23,27). The van der Waals surface area contributed by atoms with Crippen LogP contribution in [0.15, 0.2) is 47.4 Å². The molecule has 1 aromatic heterocycles. The van der Waals surface area contributed by atoms with Gasteiger partial charge in [0.1, 0.15) is 0 Å². The molecule has 2 aliphatic rings. The number of sulfonamides is 1. The first-order valence-electron chi connectivity index (χ1n) is 10.7. The molecule has 0 unspecified atom stereocenters. The van der Waals surface area contributed by atoms with E-state index in [4.69, 9.17) is 9.72 Å². The summed E-state index contributed by atoms with van der Waals surface area (Å²) in [5, 5.41) is 3.86. The van der Waals surface area contributed by atoms with E-state index in [1.54, 1.807) is 23.5 Å². The smallest absolute Gasteiger partial charge is 0.255 e. The minimum atomic E-state index is -3.49. The highest BCUT2D eigenvalue weighted by atomic mass is 32.2. The zero-order valence-corrected chi connectivity index (χ0v) is 19.1. The molecule has 0 aliphatic carbocycles. The summed E-state index contributed by atoms with van der Waals surface area (Å²) in [4.78, 5) is 19.8. The van der Waals surface area contributed by atoms with Crippen LogP contribution < -0.4 is 10.2 Å². The lowest BCUT2D eigenvalue weighted by molar-refractivity contribution is 0.102. The fourth-order valence-corrected chi connectivity index (χ4v) is 6.51. The van der Waals surface area contributed by atoms with E-state index in [9.17, 15) is 13.2 Å². The van der Waals surface area contributed by atoms with Crippen LogP contribution >= 0.6 is 11.3 Å². The van der Waals surface area contributed by atoms with Crippen molar-refractivity contribution in [3.05, 3.63) is 48.0 Å². The molecule has 2 fully saturated rings. The lowest BCUT2D eigenvalue weighted by Crippen LogP contribution is -2.36. The Hall–Kier alpha value is -2.53. The second kappa shape index (κ2) is 8.78. The van der Waals surface area contributed by atoms with Gasteiger partial charge >= 0.3 is 0 Å². The highest BCUT2D eigenvalue weighted by Gasteiger charge is 2.27. The first-order valence-corrected chi connectivity index (χ1v) is 12.9. The number of morpholine rings is 1. The molecule has 2 aliphatic heterocycles. The number of anilines is 2. The van der Waals surface area contributed by atoms with Crippen LogP contribution in [0.5, 0.6) is 0 Å². The highest BCUT2D eigenvalue weighted by molar-refractivity contribution is 7.89. The zero-order chi connectivity index (χ0) is 22.1. The molecule has 0 radical (unpaired) electrons. The SMILES string of the molecule is O=C(Nc1ccc2nc(N3CCOCC3)sc2c1)c1ccc(S(=O)(=O)N2CCCC2)cc1. The summed E-state index contributed by atoms with van der Waals surface area (Å²) in [5.41, 5.74) is 1.98. The number of amides is 1. The van der Waals surface area contributed by atoms with Crippen molar-refractivity contribution in [1.29, 1.82) is 0 Å². The monoisotopic (exact) mass is 472 g/mol. The van der Waals surface area contributed by atoms with Crippen LogP contribution in [-0.2, 0) is 14.8 Å². The third-order valence-electron chi connectivity index (χ3n) is 5.74. The molecule has 0 saturated carbocycles. The Kier molecular flexibility index (Phi) is 5.85. The van der Waals surface area contributed by atoms with Gasteiger partial charge in [0.2, 0.25) is 10.0 Å². The third kappa shape index (κ3) is 4.23. The van der Waals surface area contributed by atoms with Crippen molar-refractivity contribution in [2.75, 3.05) is 49.6 Å². The number of aromatic nitrogens is 1. The number of nitrogens with one attached hydrogen (secondary N) is 1. The molecule has 2 aromatic carbocycles. The van der Waals surface area contributed by atoms with Gasteiger partial charge in [0.25, 0.3) is 5.91 Å². The van der Waals surface area contributed by atoms with Gasteiger partial charge in [0.15, 0.2) is 5.13 Å². The normalized spacial score (nSPS) is 17.7. The average molecular weight is 473 g/mol. The number of benzene rings is 2. The van der Waals surface area contributed by atoms with E-state index in [2.05, 4.69) is 10.2 Å². The Labute approximate surface area is 190 Å². The Morgan fingerprint density at radius 2 is 1.72 bits per heavy atom. The van der Waals surface area contributed by atoms with Crippen LogP contribution in [0.4, 0.5) is 10.8 Å². The summed E-state index contributed by atoms with van der Waals surface area (Å²) >= 11 is 1.59. The summed E-state index contributed by atoms with van der Waals surface area (Å²) < 4.78 is 33.2. The van der Waals surface area contributed by atoms with Crippen LogP contribution in [0.1, 0.15) is 23.2 Å². The van der Waals surface area contributed by atoms with Gasteiger partial charge in [-0.25, -0.2) is 13.4 Å². The van der Waals surface area contributed by atoms with Crippen molar-refractivity contribution >= 4 is 48.3 Å². The molecule has 0 atom stereocenters. The van der Waals surface area contributed by atoms with Crippen molar-refractivity contribution in [1.82, 2.24) is 9.29 Å². The molecule has 1 amide bonds. The van der Waals surface area contributed by atoms with Gasteiger partial charge in [0, 0.05) is 37.4 Å². The van der Waals surface area contributed by atoms with Crippen molar-refractivity contribution in [3.63, 3.8) is 0 Å². The van der Waals surface area contributed by atoms with Crippen LogP contribution in [0.3, 0.4) is 0 Å². The topological polar surface area (TPSA) is 91.8 Å². The number of carbonyl (C=O) groups is 1. The molecular weight excluding hydrogens is 448 g/mol. The summed E-state index contributed by atoms with van der Waals surface area (Å²) in [6, 6.07) is 11.8. The van der Waals surface area contributed by atoms with Gasteiger partial charge in [-0.2, -0.15) is 4.31 Å². The number of hydrogen-bond donors (Lipinski definition) is 1. The Morgan fingerprint density at radius 3 is 2.44 bits per heavy atom. The molecule has 10 heteroatoms. The van der Waals surface area contributed by atoms with E-state index in [-0.39, 0.29) is 10.8 Å². The van der Waals surface area contributed by atoms with Crippen molar-refractivity contribution in [3.8, 4) is 0 Å². The van der Waals surface area contributed by atoms with E-state index in [1.165, 1.54) is 16.4 Å². The summed E-state index contributed by atoms with van der Waals surface area (Å²) in [5.74, 6) is -0.285. The zero-order valence-electron chi connectivity index (χ0n) is 17.5. The van der Waals surface area contributed by atoms with E-state index in [0.29, 0.717) is 37.6 Å². The maximum absolute atomic E-state index is 12.7. The second-order valence-electron chi connectivity index (χ2n) is 7.87. The summed E-state index contributed by atoms with van der Waals surface area (Å²) in [7, 11) is -3.49. The highest BCUT2D eigenvalue weighted by Crippen LogP contribution is 2.31. The molecule has 0 bridgehead atoms. The van der Waals surface area contributed by atoms with E-state index in [1.807, 2.05) is 18.2 Å². The van der Waals surface area contributed by atoms with E-state index >= 15 is 0 Å². The quantitative estimate of drug-likeness (QED) is 0.613. The second-order valence-corrected chi connectivity index (χ2v) is 10.8. The predicted molar refractivity (Wildman–Crippen MR) is 125 cm³/mol. The molecule has 3 heterocycles. The van der Waals surface area contributed by atoms with Crippen LogP contribution in [0.2, 0.25) is 0 Å². The molecular formula is C22H24N4O4S2. The van der Waals surface area contributed by atoms with Crippen molar-refractivity contribution in [2.45, 2.75) is 17.7 Å². The lowest BCUT2D eigenvalue weighted by atomic mass is 10.2. The lowest BCUT2D eigenvalue weighted by Gasteiger charge is -2.25. The number of carbonyl (C=O) groups excluding carboxylic acids is 1. The van der Waals surface area contributed by atoms with Gasteiger partial charge in [-0.05, 0) is 55.3 Å². The van der Waals surface area contributed by atoms with Crippen molar-refractivity contribution in [2.24, 2.45) is 0 Å². The maximum Gasteiger partial charge on any atom is 0.255 e. The van der Waals surface area contributed by atoms with Gasteiger partial charge in [-0.15, -0.1) is 0 Å². The van der Waals surface area contributed by atoms with Crippen molar-refractivity contribution < 1.29 is 17.9 Å².